The van der Waals surface area contributed by atoms with Crippen molar-refractivity contribution in [3.05, 3.63) is 0 Å². The van der Waals surface area contributed by atoms with E-state index in [-0.39, 0.29) is 11.9 Å². The van der Waals surface area contributed by atoms with Crippen LogP contribution in [0.25, 0.3) is 0 Å². The number of methoxy groups -OCH3 is 1. The van der Waals surface area contributed by atoms with Crippen LogP contribution in [-0.4, -0.2) is 86.9 Å². The molecule has 3 aliphatic rings. The van der Waals surface area contributed by atoms with E-state index in [1.54, 1.807) is 7.11 Å². The Hall–Kier alpha value is -1.18. The van der Waals surface area contributed by atoms with Gasteiger partial charge < -0.3 is 24.4 Å². The molecule has 2 heterocycles. The van der Waals surface area contributed by atoms with Crippen LogP contribution in [0.2, 0.25) is 0 Å². The molecule has 2 saturated heterocycles. The van der Waals surface area contributed by atoms with E-state index in [0.29, 0.717) is 12.5 Å². The molecule has 0 aromatic heterocycles. The lowest BCUT2D eigenvalue weighted by atomic mass is 9.68. The number of carbonyl (C=O) groups excluding carboxylic acids is 1. The van der Waals surface area contributed by atoms with Crippen LogP contribution in [0, 0.1) is 11.3 Å². The first kappa shape index (κ1) is 21.1. The minimum Gasteiger partial charge on any atom is -0.483 e. The van der Waals surface area contributed by atoms with Gasteiger partial charge in [0.05, 0.1) is 12.0 Å². The first-order valence-electron chi connectivity index (χ1n) is 9.81. The van der Waals surface area contributed by atoms with Crippen LogP contribution in [0.4, 0.5) is 0 Å². The number of carbonyl (C=O) groups is 2. The maximum atomic E-state index is 12.9. The van der Waals surface area contributed by atoms with Gasteiger partial charge in [-0.05, 0) is 51.1 Å². The molecule has 0 spiro atoms. The second kappa shape index (κ2) is 10.8. The second-order valence-corrected chi connectivity index (χ2v) is 7.68. The van der Waals surface area contributed by atoms with Gasteiger partial charge in [0.15, 0.2) is 0 Å². The summed E-state index contributed by atoms with van der Waals surface area (Å²) in [5, 5.41) is 6.89. The fourth-order valence-corrected chi connectivity index (χ4v) is 4.21. The van der Waals surface area contributed by atoms with E-state index in [1.165, 1.54) is 19.3 Å². The molecule has 1 unspecified atom stereocenters. The lowest BCUT2D eigenvalue weighted by Gasteiger charge is -2.42. The van der Waals surface area contributed by atoms with Crippen molar-refractivity contribution in [1.82, 2.24) is 9.80 Å². The second-order valence-electron chi connectivity index (χ2n) is 7.68. The van der Waals surface area contributed by atoms with E-state index in [1.807, 2.05) is 0 Å². The topological polar surface area (TPSA) is 79.3 Å². The third-order valence-corrected chi connectivity index (χ3v) is 5.94. The van der Waals surface area contributed by atoms with Gasteiger partial charge in [0.2, 0.25) is 5.91 Å². The molecule has 0 aromatic carbocycles. The van der Waals surface area contributed by atoms with Crippen LogP contribution in [0.5, 0.6) is 0 Å². The fourth-order valence-electron chi connectivity index (χ4n) is 4.21. The average Bonchev–Trinajstić information content (AvgIpc) is 3.01. The summed E-state index contributed by atoms with van der Waals surface area (Å²) in [5.41, 5.74) is -0.203. The summed E-state index contributed by atoms with van der Waals surface area (Å²) in [5.74, 6) is 1.09. The lowest BCUT2D eigenvalue weighted by Crippen LogP contribution is -2.51. The van der Waals surface area contributed by atoms with Crippen molar-refractivity contribution in [2.75, 3.05) is 59.7 Å². The minimum atomic E-state index is -0.250. The van der Waals surface area contributed by atoms with Crippen LogP contribution in [0.1, 0.15) is 38.5 Å². The number of carboxylic acid groups (broad SMARTS) is 1. The van der Waals surface area contributed by atoms with E-state index in [2.05, 4.69) is 9.80 Å². The van der Waals surface area contributed by atoms with Crippen molar-refractivity contribution in [2.45, 2.75) is 38.5 Å². The van der Waals surface area contributed by atoms with Gasteiger partial charge >= 0.3 is 0 Å². The van der Waals surface area contributed by atoms with Gasteiger partial charge in [0, 0.05) is 40.0 Å². The zero-order chi connectivity index (χ0) is 18.8. The highest BCUT2D eigenvalue weighted by molar-refractivity contribution is 5.83. The van der Waals surface area contributed by atoms with Crippen molar-refractivity contribution < 1.29 is 24.2 Å². The monoisotopic (exact) mass is 370 g/mol. The molecule has 1 atom stereocenters. The summed E-state index contributed by atoms with van der Waals surface area (Å²) in [7, 11) is 1.71. The molecule has 1 aliphatic carbocycles. The predicted molar refractivity (Wildman–Crippen MR) is 98.0 cm³/mol. The summed E-state index contributed by atoms with van der Waals surface area (Å²) in [6.07, 6.45) is 6.72. The SMILES string of the molecule is COCC1(C(=O)N2CCCN(CCC3CCOC3)CC2)CCC1.O=CO. The Morgan fingerprint density at radius 1 is 1.27 bits per heavy atom. The number of hydrogen-bond acceptors (Lipinski definition) is 5. The Morgan fingerprint density at radius 3 is 2.62 bits per heavy atom. The van der Waals surface area contributed by atoms with E-state index < -0.39 is 0 Å². The zero-order valence-corrected chi connectivity index (χ0v) is 16.0. The number of amides is 1. The predicted octanol–water partition coefficient (Wildman–Crippen LogP) is 1.46. The number of hydrogen-bond donors (Lipinski definition) is 1. The number of ether oxygens (including phenoxy) is 2. The quantitative estimate of drug-likeness (QED) is 0.713. The van der Waals surface area contributed by atoms with Gasteiger partial charge in [-0.15, -0.1) is 0 Å². The molecule has 2 aliphatic heterocycles. The Labute approximate surface area is 156 Å². The molecule has 26 heavy (non-hydrogen) atoms. The molecule has 1 N–H and O–H groups in total. The smallest absolute Gasteiger partial charge is 0.290 e. The van der Waals surface area contributed by atoms with E-state index in [4.69, 9.17) is 19.4 Å². The average molecular weight is 370 g/mol. The van der Waals surface area contributed by atoms with Crippen LogP contribution in [-0.2, 0) is 19.1 Å². The molecular weight excluding hydrogens is 336 g/mol. The fraction of sp³-hybridized carbons (Fsp3) is 0.895. The maximum Gasteiger partial charge on any atom is 0.290 e. The normalized spacial score (nSPS) is 25.6. The van der Waals surface area contributed by atoms with Crippen LogP contribution in [0.3, 0.4) is 0 Å². The molecular formula is C19H34N2O5. The first-order valence-corrected chi connectivity index (χ1v) is 9.81. The third-order valence-electron chi connectivity index (χ3n) is 5.94. The van der Waals surface area contributed by atoms with Crippen molar-refractivity contribution in [1.29, 1.82) is 0 Å². The summed E-state index contributed by atoms with van der Waals surface area (Å²) in [6, 6.07) is 0. The minimum absolute atomic E-state index is 0.203. The molecule has 1 amide bonds. The van der Waals surface area contributed by atoms with Gasteiger partial charge in [0.1, 0.15) is 0 Å². The number of nitrogens with zero attached hydrogens (tertiary/aromatic N) is 2. The molecule has 1 saturated carbocycles. The largest absolute Gasteiger partial charge is 0.483 e. The molecule has 7 nitrogen and oxygen atoms in total. The summed E-state index contributed by atoms with van der Waals surface area (Å²) < 4.78 is 10.8. The van der Waals surface area contributed by atoms with Gasteiger partial charge in [-0.25, -0.2) is 0 Å². The van der Waals surface area contributed by atoms with Crippen molar-refractivity contribution >= 4 is 12.4 Å². The highest BCUT2D eigenvalue weighted by Gasteiger charge is 2.46. The van der Waals surface area contributed by atoms with Gasteiger partial charge in [0.25, 0.3) is 6.47 Å². The summed E-state index contributed by atoms with van der Waals surface area (Å²) in [4.78, 5) is 25.9. The molecule has 0 radical (unpaired) electrons. The number of rotatable bonds is 6. The van der Waals surface area contributed by atoms with Gasteiger partial charge in [-0.1, -0.05) is 6.42 Å². The van der Waals surface area contributed by atoms with E-state index >= 15 is 0 Å². The summed E-state index contributed by atoms with van der Waals surface area (Å²) in [6.45, 7) is 7.30. The molecule has 7 heteroatoms. The van der Waals surface area contributed by atoms with E-state index in [0.717, 1.165) is 71.1 Å². The molecule has 3 rings (SSSR count). The molecule has 150 valence electrons. The van der Waals surface area contributed by atoms with Gasteiger partial charge in [-0.3, -0.25) is 9.59 Å². The Kier molecular flexibility index (Phi) is 8.81. The van der Waals surface area contributed by atoms with Crippen LogP contribution < -0.4 is 0 Å². The van der Waals surface area contributed by atoms with E-state index in [9.17, 15) is 4.79 Å². The summed E-state index contributed by atoms with van der Waals surface area (Å²) >= 11 is 0. The highest BCUT2D eigenvalue weighted by atomic mass is 16.5. The Bertz CT molecular complexity index is 436. The van der Waals surface area contributed by atoms with Gasteiger partial charge in [-0.2, -0.15) is 0 Å². The standard InChI is InChI=1S/C18H32N2O3.CH2O2/c1-22-15-18(6-2-7-18)17(21)20-9-3-8-19(11-12-20)10-4-16-5-13-23-14-16;2-1-3/h16H,2-15H2,1H3;1H,(H,2,3). The molecule has 0 aromatic rings. The highest BCUT2D eigenvalue weighted by Crippen LogP contribution is 2.42. The maximum absolute atomic E-state index is 12.9. The lowest BCUT2D eigenvalue weighted by molar-refractivity contribution is -0.152. The first-order chi connectivity index (χ1) is 12.6. The zero-order valence-electron chi connectivity index (χ0n) is 16.0. The Morgan fingerprint density at radius 2 is 2.04 bits per heavy atom. The van der Waals surface area contributed by atoms with Crippen LogP contribution in [0.15, 0.2) is 0 Å². The van der Waals surface area contributed by atoms with Crippen LogP contribution >= 0.6 is 0 Å². The van der Waals surface area contributed by atoms with Crippen molar-refractivity contribution in [3.63, 3.8) is 0 Å². The van der Waals surface area contributed by atoms with Crippen molar-refractivity contribution in [3.8, 4) is 0 Å². The van der Waals surface area contributed by atoms with Crippen molar-refractivity contribution in [2.24, 2.45) is 11.3 Å². The molecule has 3 fully saturated rings. The Balaban J connectivity index is 0.000000758. The molecule has 0 bridgehead atoms. The third kappa shape index (κ3) is 5.66.